The van der Waals surface area contributed by atoms with Crippen molar-refractivity contribution >= 4 is 11.9 Å². The molecule has 142 valence electrons. The molecule has 6 nitrogen and oxygen atoms in total. The lowest BCUT2D eigenvalue weighted by Gasteiger charge is -2.35. The quantitative estimate of drug-likeness (QED) is 0.667. The molecule has 2 bridgehead atoms. The number of hydrogen-bond acceptors (Lipinski definition) is 4. The van der Waals surface area contributed by atoms with E-state index in [2.05, 4.69) is 5.32 Å². The number of amides is 1. The van der Waals surface area contributed by atoms with Crippen LogP contribution < -0.4 is 5.32 Å². The van der Waals surface area contributed by atoms with E-state index in [9.17, 15) is 28.6 Å². The molecular weight excluding hydrogens is 336 g/mol. The summed E-state index contributed by atoms with van der Waals surface area (Å²) >= 11 is 0. The van der Waals surface area contributed by atoms with Gasteiger partial charge in [0, 0.05) is 25.5 Å². The van der Waals surface area contributed by atoms with Gasteiger partial charge in [0.15, 0.2) is 0 Å². The van der Waals surface area contributed by atoms with Crippen LogP contribution in [0.1, 0.15) is 44.9 Å². The fraction of sp³-hybridized carbons (Fsp3) is 0.882. The fourth-order valence-electron chi connectivity index (χ4n) is 4.63. The van der Waals surface area contributed by atoms with E-state index in [4.69, 9.17) is 4.74 Å². The number of alkyl halides is 2. The topological polar surface area (TPSA) is 95.9 Å². The van der Waals surface area contributed by atoms with E-state index in [0.717, 1.165) is 0 Å². The molecular formula is C17H25F2NO5. The second-order valence-electron chi connectivity index (χ2n) is 7.50. The van der Waals surface area contributed by atoms with Gasteiger partial charge < -0.3 is 20.3 Å². The Labute approximate surface area is 144 Å². The smallest absolute Gasteiger partial charge is 0.310 e. The molecule has 2 aliphatic heterocycles. The fourth-order valence-corrected chi connectivity index (χ4v) is 4.63. The standard InChI is InChI=1S/C17H25F2NO5/c18-17(19)6-3-9(4-7-17)10(5-8-21)20-15(22)13-11-1-2-12(25-11)14(13)16(23)24/h9-14,21H,1-8H2,(H,20,22)(H,23,24)/t10?,11-,12+,13-,14+/m0/s1. The van der Waals surface area contributed by atoms with Gasteiger partial charge in [0.05, 0.1) is 24.0 Å². The van der Waals surface area contributed by atoms with Crippen molar-refractivity contribution in [2.45, 2.75) is 69.1 Å². The number of hydrogen-bond donors (Lipinski definition) is 3. The zero-order valence-electron chi connectivity index (χ0n) is 14.0. The monoisotopic (exact) mass is 361 g/mol. The molecule has 1 amide bonds. The van der Waals surface area contributed by atoms with E-state index in [0.29, 0.717) is 12.8 Å². The molecule has 1 unspecified atom stereocenters. The molecule has 2 saturated heterocycles. The Balaban J connectivity index is 1.65. The molecule has 3 aliphatic rings. The minimum Gasteiger partial charge on any atom is -0.481 e. The number of carbonyl (C=O) groups excluding carboxylic acids is 1. The van der Waals surface area contributed by atoms with Crippen LogP contribution in [0.15, 0.2) is 0 Å². The number of halogens is 2. The number of aliphatic carboxylic acids is 1. The molecule has 1 aliphatic carbocycles. The summed E-state index contributed by atoms with van der Waals surface area (Å²) in [5, 5.41) is 21.5. The molecule has 0 radical (unpaired) electrons. The van der Waals surface area contributed by atoms with E-state index in [1.165, 1.54) is 0 Å². The van der Waals surface area contributed by atoms with Gasteiger partial charge in [-0.1, -0.05) is 0 Å². The maximum Gasteiger partial charge on any atom is 0.310 e. The van der Waals surface area contributed by atoms with E-state index in [1.807, 2.05) is 0 Å². The maximum absolute atomic E-state index is 13.4. The molecule has 0 aromatic heterocycles. The highest BCUT2D eigenvalue weighted by Crippen LogP contribution is 2.44. The van der Waals surface area contributed by atoms with Gasteiger partial charge in [-0.05, 0) is 38.0 Å². The van der Waals surface area contributed by atoms with Gasteiger partial charge in [0.1, 0.15) is 0 Å². The van der Waals surface area contributed by atoms with Crippen LogP contribution in [0.25, 0.3) is 0 Å². The van der Waals surface area contributed by atoms with Crippen molar-refractivity contribution in [1.82, 2.24) is 5.32 Å². The number of carboxylic acids is 1. The predicted octanol–water partition coefficient (Wildman–Crippen LogP) is 1.56. The first-order valence-electron chi connectivity index (χ1n) is 9.00. The highest BCUT2D eigenvalue weighted by Gasteiger charge is 2.55. The second kappa shape index (κ2) is 7.15. The largest absolute Gasteiger partial charge is 0.481 e. The molecule has 8 heteroatoms. The SMILES string of the molecule is O=C(NC(CCO)C1CCC(F)(F)CC1)[C@@H]1[C@H](C(=O)O)[C@H]2CC[C@@H]1O2. The van der Waals surface area contributed by atoms with Crippen LogP contribution in [0.5, 0.6) is 0 Å². The number of rotatable bonds is 6. The van der Waals surface area contributed by atoms with Gasteiger partial charge in [0.25, 0.3) is 0 Å². The zero-order chi connectivity index (χ0) is 18.2. The molecule has 3 rings (SSSR count). The first kappa shape index (κ1) is 18.5. The number of nitrogens with one attached hydrogen (secondary N) is 1. The van der Waals surface area contributed by atoms with Crippen LogP contribution in [-0.4, -0.2) is 52.9 Å². The predicted molar refractivity (Wildman–Crippen MR) is 83.0 cm³/mol. The Morgan fingerprint density at radius 2 is 1.72 bits per heavy atom. The highest BCUT2D eigenvalue weighted by molar-refractivity contribution is 5.86. The molecule has 2 heterocycles. The Morgan fingerprint density at radius 3 is 2.28 bits per heavy atom. The van der Waals surface area contributed by atoms with E-state index < -0.39 is 47.9 Å². The van der Waals surface area contributed by atoms with E-state index in [-0.39, 0.29) is 44.6 Å². The summed E-state index contributed by atoms with van der Waals surface area (Å²) < 4.78 is 32.3. The molecule has 0 aromatic carbocycles. The van der Waals surface area contributed by atoms with Gasteiger partial charge in [-0.25, -0.2) is 8.78 Å². The Morgan fingerprint density at radius 1 is 1.12 bits per heavy atom. The molecule has 0 spiro atoms. The third-order valence-electron chi connectivity index (χ3n) is 5.96. The van der Waals surface area contributed by atoms with Crippen LogP contribution in [-0.2, 0) is 14.3 Å². The lowest BCUT2D eigenvalue weighted by Crippen LogP contribution is -2.50. The van der Waals surface area contributed by atoms with Gasteiger partial charge in [-0.15, -0.1) is 0 Å². The summed E-state index contributed by atoms with van der Waals surface area (Å²) in [5.74, 6) is -5.82. The van der Waals surface area contributed by atoms with Crippen molar-refractivity contribution in [3.63, 3.8) is 0 Å². The molecule has 0 aromatic rings. The summed E-state index contributed by atoms with van der Waals surface area (Å²) in [5.41, 5.74) is 0. The van der Waals surface area contributed by atoms with Gasteiger partial charge in [-0.2, -0.15) is 0 Å². The molecule has 25 heavy (non-hydrogen) atoms. The molecule has 3 N–H and O–H groups in total. The molecule has 5 atom stereocenters. The van der Waals surface area contributed by atoms with Crippen molar-refractivity contribution < 1.29 is 33.3 Å². The molecule has 3 fully saturated rings. The number of ether oxygens (including phenoxy) is 1. The Kier molecular flexibility index (Phi) is 5.29. The average Bonchev–Trinajstić information content (AvgIpc) is 3.15. The van der Waals surface area contributed by atoms with Crippen molar-refractivity contribution in [2.75, 3.05) is 6.61 Å². The highest BCUT2D eigenvalue weighted by atomic mass is 19.3. The van der Waals surface area contributed by atoms with Crippen molar-refractivity contribution in [1.29, 1.82) is 0 Å². The lowest BCUT2D eigenvalue weighted by atomic mass is 9.77. The number of carboxylic acid groups (broad SMARTS) is 1. The Bertz CT molecular complexity index is 519. The number of fused-ring (bicyclic) bond motifs is 2. The van der Waals surface area contributed by atoms with E-state index >= 15 is 0 Å². The van der Waals surface area contributed by atoms with Crippen molar-refractivity contribution in [3.05, 3.63) is 0 Å². The summed E-state index contributed by atoms with van der Waals surface area (Å²) in [7, 11) is 0. The number of aliphatic hydroxyl groups is 1. The van der Waals surface area contributed by atoms with E-state index in [1.54, 1.807) is 0 Å². The van der Waals surface area contributed by atoms with Crippen LogP contribution in [0.4, 0.5) is 8.78 Å². The number of aliphatic hydroxyl groups excluding tert-OH is 1. The first-order chi connectivity index (χ1) is 11.8. The number of carbonyl (C=O) groups is 2. The van der Waals surface area contributed by atoms with Crippen LogP contribution in [0.3, 0.4) is 0 Å². The lowest BCUT2D eigenvalue weighted by molar-refractivity contribution is -0.148. The van der Waals surface area contributed by atoms with Crippen molar-refractivity contribution in [3.8, 4) is 0 Å². The van der Waals surface area contributed by atoms with Gasteiger partial charge in [-0.3, -0.25) is 9.59 Å². The third-order valence-corrected chi connectivity index (χ3v) is 5.96. The minimum atomic E-state index is -2.66. The van der Waals surface area contributed by atoms with Crippen LogP contribution in [0, 0.1) is 17.8 Å². The van der Waals surface area contributed by atoms with Gasteiger partial charge in [0.2, 0.25) is 11.8 Å². The summed E-state index contributed by atoms with van der Waals surface area (Å²) in [4.78, 5) is 24.2. The van der Waals surface area contributed by atoms with Crippen molar-refractivity contribution in [2.24, 2.45) is 17.8 Å². The zero-order valence-corrected chi connectivity index (χ0v) is 14.0. The Hall–Kier alpha value is -1.28. The van der Waals surface area contributed by atoms with Crippen LogP contribution in [0.2, 0.25) is 0 Å². The first-order valence-corrected chi connectivity index (χ1v) is 9.00. The summed E-state index contributed by atoms with van der Waals surface area (Å²) in [6.45, 7) is -0.159. The van der Waals surface area contributed by atoms with Gasteiger partial charge >= 0.3 is 5.97 Å². The average molecular weight is 361 g/mol. The summed E-state index contributed by atoms with van der Waals surface area (Å²) in [6.07, 6.45) is 0.896. The second-order valence-corrected chi connectivity index (χ2v) is 7.50. The van der Waals surface area contributed by atoms with Crippen LogP contribution >= 0.6 is 0 Å². The molecule has 1 saturated carbocycles. The maximum atomic E-state index is 13.4. The third kappa shape index (κ3) is 3.79. The minimum absolute atomic E-state index is 0.126. The summed E-state index contributed by atoms with van der Waals surface area (Å²) in [6, 6.07) is -0.415. The normalized spacial score (nSPS) is 35.5.